The van der Waals surface area contributed by atoms with Gasteiger partial charge in [-0.1, -0.05) is 17.4 Å². The molecule has 0 spiro atoms. The molecule has 0 saturated heterocycles. The van der Waals surface area contributed by atoms with Gasteiger partial charge >= 0.3 is 0 Å². The molecule has 7 heteroatoms. The molecule has 84 valence electrons. The second-order valence-electron chi connectivity index (χ2n) is 3.04. The summed E-state index contributed by atoms with van der Waals surface area (Å²) in [5.41, 5.74) is 1.64. The van der Waals surface area contributed by atoms with Gasteiger partial charge in [-0.05, 0) is 23.6 Å². The van der Waals surface area contributed by atoms with Gasteiger partial charge in [-0.15, -0.1) is 43.1 Å². The van der Waals surface area contributed by atoms with Crippen LogP contribution in [0.15, 0.2) is 45.4 Å². The topological polar surface area (TPSA) is 50.5 Å². The summed E-state index contributed by atoms with van der Waals surface area (Å²) in [5, 5.41) is 19.2. The third-order valence-corrected chi connectivity index (χ3v) is 4.55. The molecule has 0 unspecified atom stereocenters. The molecule has 0 amide bonds. The Labute approximate surface area is 109 Å². The van der Waals surface area contributed by atoms with E-state index < -0.39 is 0 Å². The van der Waals surface area contributed by atoms with Crippen molar-refractivity contribution in [3.05, 3.63) is 35.2 Å². The Kier molecular flexibility index (Phi) is 3.04. The quantitative estimate of drug-likeness (QED) is 0.649. The third kappa shape index (κ3) is 2.46. The molecule has 0 N–H and O–H groups in total. The summed E-state index contributed by atoms with van der Waals surface area (Å²) in [4.78, 5) is 2.47. The van der Waals surface area contributed by atoms with E-state index in [1.165, 1.54) is 21.1 Å². The molecule has 0 fully saturated rings. The van der Waals surface area contributed by atoms with Crippen molar-refractivity contribution >= 4 is 44.1 Å². The van der Waals surface area contributed by atoms with Crippen molar-refractivity contribution in [3.8, 4) is 9.75 Å². The summed E-state index contributed by atoms with van der Waals surface area (Å²) in [6.07, 6.45) is 0. The molecule has 0 radical (unpaired) electrons. The minimum Gasteiger partial charge on any atom is -0.145 e. The highest BCUT2D eigenvalue weighted by Crippen LogP contribution is 2.36. The highest BCUT2D eigenvalue weighted by atomic mass is 32.1. The van der Waals surface area contributed by atoms with Crippen molar-refractivity contribution in [2.75, 3.05) is 0 Å². The second kappa shape index (κ2) is 4.82. The highest BCUT2D eigenvalue weighted by Gasteiger charge is 2.03. The van der Waals surface area contributed by atoms with Gasteiger partial charge in [0.1, 0.15) is 10.5 Å². The van der Waals surface area contributed by atoms with Gasteiger partial charge in [0.15, 0.2) is 0 Å². The lowest BCUT2D eigenvalue weighted by molar-refractivity contribution is 1.06. The van der Waals surface area contributed by atoms with Crippen LogP contribution in [-0.2, 0) is 0 Å². The SMILES string of the molecule is c1csc(-c2ccc(/N=N/c3nncs3)s2)c1. The Balaban J connectivity index is 1.82. The third-order valence-electron chi connectivity index (χ3n) is 1.94. The molecule has 4 nitrogen and oxygen atoms in total. The fourth-order valence-corrected chi connectivity index (χ4v) is 3.27. The lowest BCUT2D eigenvalue weighted by Crippen LogP contribution is -1.60. The number of thiophene rings is 2. The maximum Gasteiger partial charge on any atom is 0.251 e. The molecule has 3 rings (SSSR count). The first-order valence-electron chi connectivity index (χ1n) is 4.73. The van der Waals surface area contributed by atoms with Crippen LogP contribution in [0.4, 0.5) is 10.1 Å². The van der Waals surface area contributed by atoms with Gasteiger partial charge in [-0.25, -0.2) is 0 Å². The molecule has 3 aromatic rings. The highest BCUT2D eigenvalue weighted by molar-refractivity contribution is 7.23. The first-order valence-corrected chi connectivity index (χ1v) is 7.31. The van der Waals surface area contributed by atoms with Crippen LogP contribution in [0.1, 0.15) is 0 Å². The smallest absolute Gasteiger partial charge is 0.145 e. The van der Waals surface area contributed by atoms with E-state index in [-0.39, 0.29) is 0 Å². The number of hydrogen-bond donors (Lipinski definition) is 0. The molecule has 0 aliphatic carbocycles. The zero-order valence-corrected chi connectivity index (χ0v) is 10.9. The molecule has 0 aromatic carbocycles. The van der Waals surface area contributed by atoms with Crippen LogP contribution in [0, 0.1) is 0 Å². The summed E-state index contributed by atoms with van der Waals surface area (Å²) in [5.74, 6) is 0. The number of azo groups is 1. The number of hydrogen-bond acceptors (Lipinski definition) is 7. The van der Waals surface area contributed by atoms with Gasteiger partial charge in [0.25, 0.3) is 5.13 Å². The summed E-state index contributed by atoms with van der Waals surface area (Å²) in [6.45, 7) is 0. The largest absolute Gasteiger partial charge is 0.251 e. The van der Waals surface area contributed by atoms with Gasteiger partial charge in [0.05, 0.1) is 0 Å². The fraction of sp³-hybridized carbons (Fsp3) is 0. The predicted octanol–water partition coefficient (Wildman–Crippen LogP) is 4.74. The molecule has 0 bridgehead atoms. The predicted molar refractivity (Wildman–Crippen MR) is 71.7 cm³/mol. The Hall–Kier alpha value is -1.44. The first kappa shape index (κ1) is 10.7. The van der Waals surface area contributed by atoms with E-state index in [1.54, 1.807) is 28.2 Å². The normalized spacial score (nSPS) is 11.3. The van der Waals surface area contributed by atoms with Crippen LogP contribution >= 0.6 is 34.0 Å². The average Bonchev–Trinajstić information content (AvgIpc) is 3.09. The number of aromatic nitrogens is 2. The van der Waals surface area contributed by atoms with Crippen molar-refractivity contribution in [2.45, 2.75) is 0 Å². The van der Waals surface area contributed by atoms with Gasteiger partial charge in [-0.3, -0.25) is 0 Å². The first-order chi connectivity index (χ1) is 8.42. The monoisotopic (exact) mass is 278 g/mol. The molecular formula is C10H6N4S3. The van der Waals surface area contributed by atoms with E-state index in [1.807, 2.05) is 12.1 Å². The number of nitrogens with zero attached hydrogens (tertiary/aromatic N) is 4. The van der Waals surface area contributed by atoms with Crippen molar-refractivity contribution in [1.29, 1.82) is 0 Å². The summed E-state index contributed by atoms with van der Waals surface area (Å²) < 4.78 is 0. The second-order valence-corrected chi connectivity index (χ2v) is 5.86. The maximum atomic E-state index is 4.14. The zero-order valence-electron chi connectivity index (χ0n) is 8.48. The molecule has 3 aromatic heterocycles. The van der Waals surface area contributed by atoms with Gasteiger partial charge in [0, 0.05) is 9.75 Å². The van der Waals surface area contributed by atoms with Crippen LogP contribution in [0.3, 0.4) is 0 Å². The lowest BCUT2D eigenvalue weighted by atomic mass is 10.4. The van der Waals surface area contributed by atoms with Crippen LogP contribution in [0.25, 0.3) is 9.75 Å². The molecular weight excluding hydrogens is 272 g/mol. The van der Waals surface area contributed by atoms with E-state index in [0.29, 0.717) is 5.13 Å². The Morgan fingerprint density at radius 1 is 1.00 bits per heavy atom. The molecule has 0 atom stereocenters. The van der Waals surface area contributed by atoms with Crippen LogP contribution < -0.4 is 0 Å². The zero-order chi connectivity index (χ0) is 11.5. The van der Waals surface area contributed by atoms with E-state index in [2.05, 4.69) is 37.9 Å². The Morgan fingerprint density at radius 2 is 2.00 bits per heavy atom. The van der Waals surface area contributed by atoms with Gasteiger partial charge in [0.2, 0.25) is 0 Å². The minimum absolute atomic E-state index is 0.580. The van der Waals surface area contributed by atoms with Gasteiger partial charge < -0.3 is 0 Å². The average molecular weight is 278 g/mol. The number of rotatable bonds is 3. The fourth-order valence-electron chi connectivity index (χ4n) is 1.24. The van der Waals surface area contributed by atoms with Crippen molar-refractivity contribution in [3.63, 3.8) is 0 Å². The van der Waals surface area contributed by atoms with E-state index >= 15 is 0 Å². The summed E-state index contributed by atoms with van der Waals surface area (Å²) in [7, 11) is 0. The molecule has 0 saturated carbocycles. The van der Waals surface area contributed by atoms with Crippen LogP contribution in [0.2, 0.25) is 0 Å². The van der Waals surface area contributed by atoms with Gasteiger partial charge in [-0.2, -0.15) is 0 Å². The van der Waals surface area contributed by atoms with Crippen molar-refractivity contribution < 1.29 is 0 Å². The molecule has 17 heavy (non-hydrogen) atoms. The minimum atomic E-state index is 0.580. The van der Waals surface area contributed by atoms with Crippen LogP contribution in [-0.4, -0.2) is 10.2 Å². The maximum absolute atomic E-state index is 4.14. The Morgan fingerprint density at radius 3 is 2.76 bits per heavy atom. The molecule has 0 aliphatic heterocycles. The lowest BCUT2D eigenvalue weighted by Gasteiger charge is -1.86. The summed E-state index contributed by atoms with van der Waals surface area (Å²) in [6, 6.07) is 8.17. The Bertz CT molecular complexity index is 610. The van der Waals surface area contributed by atoms with Crippen molar-refractivity contribution in [2.24, 2.45) is 10.2 Å². The van der Waals surface area contributed by atoms with E-state index in [0.717, 1.165) is 5.00 Å². The molecule has 0 aliphatic rings. The van der Waals surface area contributed by atoms with E-state index in [4.69, 9.17) is 0 Å². The van der Waals surface area contributed by atoms with Crippen molar-refractivity contribution in [1.82, 2.24) is 10.2 Å². The molecule has 3 heterocycles. The summed E-state index contributed by atoms with van der Waals surface area (Å²) >= 11 is 4.71. The standard InChI is InChI=1S/C10H6N4S3/c1-2-7(15-5-1)8-3-4-9(17-8)12-14-10-13-11-6-16-10/h1-6H/b14-12+. The van der Waals surface area contributed by atoms with E-state index in [9.17, 15) is 0 Å². The van der Waals surface area contributed by atoms with Crippen LogP contribution in [0.5, 0.6) is 0 Å².